The lowest BCUT2D eigenvalue weighted by molar-refractivity contribution is -0.902. The molecule has 0 spiro atoms. The van der Waals surface area contributed by atoms with Crippen LogP contribution in [0.1, 0.15) is 73.4 Å². The molecule has 2 aromatic carbocycles. The van der Waals surface area contributed by atoms with Gasteiger partial charge in [-0.3, -0.25) is 9.59 Å². The smallest absolute Gasteiger partial charge is 0.254 e. The molecule has 5 nitrogen and oxygen atoms in total. The SMILES string of the molecule is CC(C)(C)c1ccc(C(=O)NCC[NH+]2CCN(C(=O)c3ccc(C(C)(C)C)cc3)CC2)cc1. The maximum atomic E-state index is 12.9. The minimum absolute atomic E-state index is 0.0256. The van der Waals surface area contributed by atoms with Crippen molar-refractivity contribution in [3.05, 3.63) is 70.8 Å². The summed E-state index contributed by atoms with van der Waals surface area (Å²) in [5, 5.41) is 3.04. The zero-order chi connectivity index (χ0) is 24.2. The number of carbonyl (C=O) groups is 2. The number of rotatable bonds is 5. The van der Waals surface area contributed by atoms with Crippen molar-refractivity contribution in [2.24, 2.45) is 0 Å². The Morgan fingerprint density at radius 2 is 1.24 bits per heavy atom. The lowest BCUT2D eigenvalue weighted by atomic mass is 9.86. The summed E-state index contributed by atoms with van der Waals surface area (Å²) >= 11 is 0. The summed E-state index contributed by atoms with van der Waals surface area (Å²) in [4.78, 5) is 28.7. The zero-order valence-corrected chi connectivity index (χ0v) is 21.1. The van der Waals surface area contributed by atoms with E-state index in [0.717, 1.165) is 38.3 Å². The van der Waals surface area contributed by atoms with Crippen molar-refractivity contribution in [3.8, 4) is 0 Å². The molecule has 0 bridgehead atoms. The summed E-state index contributed by atoms with van der Waals surface area (Å²) in [6.07, 6.45) is 0. The molecule has 5 heteroatoms. The Morgan fingerprint density at radius 3 is 1.70 bits per heavy atom. The third kappa shape index (κ3) is 6.67. The van der Waals surface area contributed by atoms with E-state index in [-0.39, 0.29) is 22.6 Å². The van der Waals surface area contributed by atoms with Crippen LogP contribution >= 0.6 is 0 Å². The molecule has 1 aliphatic heterocycles. The molecule has 0 unspecified atom stereocenters. The molecule has 2 N–H and O–H groups in total. The Balaban J connectivity index is 1.42. The molecule has 3 rings (SSSR count). The van der Waals surface area contributed by atoms with Crippen LogP contribution in [-0.4, -0.2) is 56.0 Å². The van der Waals surface area contributed by atoms with Crippen LogP contribution in [0.2, 0.25) is 0 Å². The molecule has 0 aliphatic carbocycles. The van der Waals surface area contributed by atoms with Gasteiger partial charge in [0, 0.05) is 11.1 Å². The van der Waals surface area contributed by atoms with Crippen LogP contribution in [0.3, 0.4) is 0 Å². The predicted molar refractivity (Wildman–Crippen MR) is 134 cm³/mol. The van der Waals surface area contributed by atoms with Gasteiger partial charge in [0.1, 0.15) is 0 Å². The van der Waals surface area contributed by atoms with Crippen molar-refractivity contribution in [1.82, 2.24) is 10.2 Å². The fourth-order valence-corrected chi connectivity index (χ4v) is 4.15. The summed E-state index contributed by atoms with van der Waals surface area (Å²) in [6.45, 7) is 17.8. The van der Waals surface area contributed by atoms with E-state index >= 15 is 0 Å². The summed E-state index contributed by atoms with van der Waals surface area (Å²) in [7, 11) is 0. The number of hydrogen-bond donors (Lipinski definition) is 2. The number of hydrogen-bond acceptors (Lipinski definition) is 2. The van der Waals surface area contributed by atoms with Gasteiger partial charge in [-0.15, -0.1) is 0 Å². The van der Waals surface area contributed by atoms with E-state index in [4.69, 9.17) is 0 Å². The van der Waals surface area contributed by atoms with Gasteiger partial charge in [-0.2, -0.15) is 0 Å². The van der Waals surface area contributed by atoms with E-state index < -0.39 is 0 Å². The van der Waals surface area contributed by atoms with Gasteiger partial charge >= 0.3 is 0 Å². The molecule has 0 atom stereocenters. The van der Waals surface area contributed by atoms with Crippen molar-refractivity contribution >= 4 is 11.8 Å². The van der Waals surface area contributed by atoms with Gasteiger partial charge in [0.15, 0.2) is 0 Å². The Labute approximate surface area is 199 Å². The van der Waals surface area contributed by atoms with Crippen molar-refractivity contribution in [1.29, 1.82) is 0 Å². The van der Waals surface area contributed by atoms with E-state index in [9.17, 15) is 9.59 Å². The first-order chi connectivity index (χ1) is 15.4. The zero-order valence-electron chi connectivity index (χ0n) is 21.1. The van der Waals surface area contributed by atoms with Crippen molar-refractivity contribution < 1.29 is 14.5 Å². The Kier molecular flexibility index (Phi) is 7.63. The predicted octanol–water partition coefficient (Wildman–Crippen LogP) is 3.05. The Bertz CT molecular complexity index is 940. The standard InChI is InChI=1S/C28H39N3O2/c1-27(2,3)23-11-7-21(8-12-23)25(32)29-15-16-30-17-19-31(20-18-30)26(33)22-9-13-24(14-10-22)28(4,5)6/h7-14H,15-20H2,1-6H3,(H,29,32)/p+1. The highest BCUT2D eigenvalue weighted by Crippen LogP contribution is 2.23. The third-order valence-corrected chi connectivity index (χ3v) is 6.53. The number of nitrogens with one attached hydrogen (secondary N) is 2. The molecule has 0 radical (unpaired) electrons. The monoisotopic (exact) mass is 450 g/mol. The Morgan fingerprint density at radius 1 is 0.788 bits per heavy atom. The summed E-state index contributed by atoms with van der Waals surface area (Å²) in [6, 6.07) is 15.9. The van der Waals surface area contributed by atoms with E-state index in [0.29, 0.717) is 12.1 Å². The number of carbonyl (C=O) groups excluding carboxylic acids is 2. The molecular formula is C28H40N3O2+. The first-order valence-electron chi connectivity index (χ1n) is 12.1. The largest absolute Gasteiger partial charge is 0.346 e. The van der Waals surface area contributed by atoms with E-state index in [1.165, 1.54) is 16.0 Å². The van der Waals surface area contributed by atoms with Crippen molar-refractivity contribution in [3.63, 3.8) is 0 Å². The highest BCUT2D eigenvalue weighted by Gasteiger charge is 2.25. The summed E-state index contributed by atoms with van der Waals surface area (Å²) in [5.41, 5.74) is 4.09. The molecule has 33 heavy (non-hydrogen) atoms. The molecule has 0 saturated carbocycles. The lowest BCUT2D eigenvalue weighted by Crippen LogP contribution is -3.15. The van der Waals surface area contributed by atoms with Gasteiger partial charge in [0.2, 0.25) is 0 Å². The number of benzene rings is 2. The van der Waals surface area contributed by atoms with Crippen molar-refractivity contribution in [2.45, 2.75) is 52.4 Å². The molecule has 2 amide bonds. The fourth-order valence-electron chi connectivity index (χ4n) is 4.15. The maximum absolute atomic E-state index is 12.9. The second-order valence-electron chi connectivity index (χ2n) is 11.2. The highest BCUT2D eigenvalue weighted by molar-refractivity contribution is 5.94. The van der Waals surface area contributed by atoms with Crippen LogP contribution in [0.5, 0.6) is 0 Å². The second kappa shape index (κ2) is 10.1. The molecule has 1 fully saturated rings. The number of nitrogens with zero attached hydrogens (tertiary/aromatic N) is 1. The van der Waals surface area contributed by atoms with Gasteiger partial charge in [-0.25, -0.2) is 0 Å². The molecule has 0 aromatic heterocycles. The first kappa shape index (κ1) is 25.0. The Hall–Kier alpha value is -2.66. The molecule has 2 aromatic rings. The van der Waals surface area contributed by atoms with Gasteiger partial charge < -0.3 is 15.1 Å². The van der Waals surface area contributed by atoms with Crippen molar-refractivity contribution in [2.75, 3.05) is 39.3 Å². The molecular weight excluding hydrogens is 410 g/mol. The van der Waals surface area contributed by atoms with Crippen LogP contribution in [0, 0.1) is 0 Å². The van der Waals surface area contributed by atoms with Crippen LogP contribution in [0.25, 0.3) is 0 Å². The van der Waals surface area contributed by atoms with Crippen LogP contribution in [-0.2, 0) is 10.8 Å². The van der Waals surface area contributed by atoms with E-state index in [2.05, 4.69) is 59.0 Å². The van der Waals surface area contributed by atoms with Crippen LogP contribution in [0.4, 0.5) is 0 Å². The van der Waals surface area contributed by atoms with Gasteiger partial charge in [0.25, 0.3) is 11.8 Å². The summed E-state index contributed by atoms with van der Waals surface area (Å²) in [5.74, 6) is 0.0869. The minimum Gasteiger partial charge on any atom is -0.346 e. The molecule has 1 saturated heterocycles. The summed E-state index contributed by atoms with van der Waals surface area (Å²) < 4.78 is 0. The topological polar surface area (TPSA) is 53.9 Å². The average molecular weight is 451 g/mol. The molecule has 178 valence electrons. The normalized spacial score (nSPS) is 15.4. The third-order valence-electron chi connectivity index (χ3n) is 6.53. The van der Waals surface area contributed by atoms with Gasteiger partial charge in [-0.1, -0.05) is 65.8 Å². The van der Waals surface area contributed by atoms with E-state index in [1.807, 2.05) is 41.3 Å². The maximum Gasteiger partial charge on any atom is 0.254 e. The van der Waals surface area contributed by atoms with Crippen LogP contribution < -0.4 is 10.2 Å². The van der Waals surface area contributed by atoms with Gasteiger partial charge in [0.05, 0.1) is 39.3 Å². The minimum atomic E-state index is -0.0256. The second-order valence-corrected chi connectivity index (χ2v) is 11.2. The highest BCUT2D eigenvalue weighted by atomic mass is 16.2. The quantitative estimate of drug-likeness (QED) is 0.736. The number of amides is 2. The first-order valence-corrected chi connectivity index (χ1v) is 12.1. The number of quaternary nitrogens is 1. The average Bonchev–Trinajstić information content (AvgIpc) is 2.78. The lowest BCUT2D eigenvalue weighted by Gasteiger charge is -2.32. The van der Waals surface area contributed by atoms with E-state index in [1.54, 1.807) is 0 Å². The fraction of sp³-hybridized carbons (Fsp3) is 0.500. The van der Waals surface area contributed by atoms with Crippen LogP contribution in [0.15, 0.2) is 48.5 Å². The van der Waals surface area contributed by atoms with Gasteiger partial charge in [-0.05, 0) is 46.2 Å². The molecule has 1 aliphatic rings. The number of piperazine rings is 1. The molecule has 1 heterocycles.